The molecule has 0 spiro atoms. The first kappa shape index (κ1) is 14.6. The number of carboxylic acid groups (broad SMARTS) is 1. The molecule has 0 atom stereocenters. The number of nitrogens with zero attached hydrogens (tertiary/aromatic N) is 1. The number of nitrogen functional groups attached to an aromatic ring is 1. The Labute approximate surface area is 121 Å². The molecular formula is C15H15FN2O3. The lowest BCUT2D eigenvalue weighted by Gasteiger charge is -2.22. The highest BCUT2D eigenvalue weighted by Gasteiger charge is 2.20. The molecule has 0 amide bonds. The van der Waals surface area contributed by atoms with Gasteiger partial charge in [-0.2, -0.15) is 0 Å². The largest absolute Gasteiger partial charge is 0.497 e. The molecule has 3 N–H and O–H groups in total. The standard InChI is InChI=1S/C15H15FN2O3/c1-18(9-4-3-5-10(8-9)21-2)12-7-6-11(16)14(17)13(12)15(19)20/h3-8H,17H2,1-2H3,(H,19,20). The zero-order valence-corrected chi connectivity index (χ0v) is 11.6. The molecule has 5 nitrogen and oxygen atoms in total. The highest BCUT2D eigenvalue weighted by molar-refractivity contribution is 6.01. The van der Waals surface area contributed by atoms with Gasteiger partial charge < -0.3 is 20.5 Å². The van der Waals surface area contributed by atoms with Crippen molar-refractivity contribution in [1.29, 1.82) is 0 Å². The van der Waals surface area contributed by atoms with Crippen LogP contribution in [0.4, 0.5) is 21.5 Å². The van der Waals surface area contributed by atoms with Crippen molar-refractivity contribution in [2.45, 2.75) is 0 Å². The van der Waals surface area contributed by atoms with Crippen molar-refractivity contribution < 1.29 is 19.0 Å². The third-order valence-electron chi connectivity index (χ3n) is 3.19. The number of carbonyl (C=O) groups is 1. The summed E-state index contributed by atoms with van der Waals surface area (Å²) in [4.78, 5) is 13.0. The Hall–Kier alpha value is -2.76. The van der Waals surface area contributed by atoms with E-state index in [9.17, 15) is 14.3 Å². The molecule has 0 aromatic heterocycles. The van der Waals surface area contributed by atoms with Gasteiger partial charge in [-0.05, 0) is 24.3 Å². The molecule has 0 saturated carbocycles. The maximum atomic E-state index is 13.5. The van der Waals surface area contributed by atoms with Gasteiger partial charge in [0.25, 0.3) is 0 Å². The van der Waals surface area contributed by atoms with Gasteiger partial charge in [-0.25, -0.2) is 9.18 Å². The second-order valence-corrected chi connectivity index (χ2v) is 4.42. The molecular weight excluding hydrogens is 275 g/mol. The van der Waals surface area contributed by atoms with Crippen LogP contribution in [0, 0.1) is 5.82 Å². The number of anilines is 3. The van der Waals surface area contributed by atoms with Crippen LogP contribution < -0.4 is 15.4 Å². The molecule has 0 aliphatic carbocycles. The number of hydrogen-bond donors (Lipinski definition) is 2. The van der Waals surface area contributed by atoms with Crippen LogP contribution in [0.25, 0.3) is 0 Å². The fraction of sp³-hybridized carbons (Fsp3) is 0.133. The molecule has 2 aromatic rings. The van der Waals surface area contributed by atoms with Gasteiger partial charge in [0.2, 0.25) is 0 Å². The van der Waals surface area contributed by atoms with Gasteiger partial charge in [-0.3, -0.25) is 0 Å². The molecule has 110 valence electrons. The highest BCUT2D eigenvalue weighted by atomic mass is 19.1. The van der Waals surface area contributed by atoms with E-state index in [2.05, 4.69) is 0 Å². The number of rotatable bonds is 4. The van der Waals surface area contributed by atoms with Crippen LogP contribution in [0.3, 0.4) is 0 Å². The summed E-state index contributed by atoms with van der Waals surface area (Å²) < 4.78 is 18.6. The van der Waals surface area contributed by atoms with Gasteiger partial charge >= 0.3 is 5.97 Å². The average Bonchev–Trinajstić information content (AvgIpc) is 2.48. The average molecular weight is 290 g/mol. The predicted molar refractivity (Wildman–Crippen MR) is 78.8 cm³/mol. The van der Waals surface area contributed by atoms with Crippen molar-refractivity contribution in [3.05, 3.63) is 47.8 Å². The lowest BCUT2D eigenvalue weighted by Crippen LogP contribution is -2.16. The molecule has 0 fully saturated rings. The van der Waals surface area contributed by atoms with E-state index >= 15 is 0 Å². The van der Waals surface area contributed by atoms with Crippen molar-refractivity contribution in [3.8, 4) is 5.75 Å². The topological polar surface area (TPSA) is 75.8 Å². The summed E-state index contributed by atoms with van der Waals surface area (Å²) in [6.07, 6.45) is 0. The maximum Gasteiger partial charge on any atom is 0.340 e. The number of nitrogens with two attached hydrogens (primary N) is 1. The van der Waals surface area contributed by atoms with Crippen LogP contribution in [-0.4, -0.2) is 25.2 Å². The quantitative estimate of drug-likeness (QED) is 0.847. The Kier molecular flexibility index (Phi) is 3.98. The number of halogens is 1. The van der Waals surface area contributed by atoms with Crippen molar-refractivity contribution >= 4 is 23.0 Å². The number of benzene rings is 2. The Balaban J connectivity index is 2.55. The molecule has 0 bridgehead atoms. The third kappa shape index (κ3) is 2.74. The van der Waals surface area contributed by atoms with E-state index in [-0.39, 0.29) is 11.3 Å². The van der Waals surface area contributed by atoms with E-state index in [1.165, 1.54) is 13.2 Å². The van der Waals surface area contributed by atoms with Crippen molar-refractivity contribution in [2.75, 3.05) is 24.8 Å². The molecule has 21 heavy (non-hydrogen) atoms. The van der Waals surface area contributed by atoms with Crippen molar-refractivity contribution in [1.82, 2.24) is 0 Å². The Morgan fingerprint density at radius 3 is 2.67 bits per heavy atom. The Morgan fingerprint density at radius 2 is 2.05 bits per heavy atom. The molecule has 2 rings (SSSR count). The van der Waals surface area contributed by atoms with E-state index in [4.69, 9.17) is 10.5 Å². The number of aromatic carboxylic acids is 1. The fourth-order valence-electron chi connectivity index (χ4n) is 2.05. The lowest BCUT2D eigenvalue weighted by molar-refractivity contribution is 0.0698. The van der Waals surface area contributed by atoms with Gasteiger partial charge in [0.15, 0.2) is 0 Å². The van der Waals surface area contributed by atoms with Gasteiger partial charge in [0.1, 0.15) is 17.1 Å². The van der Waals surface area contributed by atoms with Gasteiger partial charge in [-0.15, -0.1) is 0 Å². The molecule has 6 heteroatoms. The zero-order valence-electron chi connectivity index (χ0n) is 11.6. The fourth-order valence-corrected chi connectivity index (χ4v) is 2.05. The summed E-state index contributed by atoms with van der Waals surface area (Å²) in [7, 11) is 3.21. The summed E-state index contributed by atoms with van der Waals surface area (Å²) in [6.45, 7) is 0. The van der Waals surface area contributed by atoms with E-state index in [0.29, 0.717) is 17.1 Å². The third-order valence-corrected chi connectivity index (χ3v) is 3.19. The van der Waals surface area contributed by atoms with E-state index in [1.54, 1.807) is 36.2 Å². The molecule has 0 unspecified atom stereocenters. The normalized spacial score (nSPS) is 10.2. The minimum atomic E-state index is -1.28. The van der Waals surface area contributed by atoms with Crippen LogP contribution in [0.15, 0.2) is 36.4 Å². The molecule has 0 heterocycles. The second kappa shape index (κ2) is 5.70. The lowest BCUT2D eigenvalue weighted by atomic mass is 10.1. The molecule has 2 aromatic carbocycles. The summed E-state index contributed by atoms with van der Waals surface area (Å²) in [5.41, 5.74) is 5.90. The van der Waals surface area contributed by atoms with Crippen LogP contribution in [0.2, 0.25) is 0 Å². The maximum absolute atomic E-state index is 13.5. The Bertz CT molecular complexity index is 689. The number of methoxy groups -OCH3 is 1. The van der Waals surface area contributed by atoms with Gasteiger partial charge in [0, 0.05) is 18.8 Å². The minimum Gasteiger partial charge on any atom is -0.497 e. The Morgan fingerprint density at radius 1 is 1.33 bits per heavy atom. The molecule has 0 saturated heterocycles. The van der Waals surface area contributed by atoms with E-state index in [1.807, 2.05) is 0 Å². The van der Waals surface area contributed by atoms with Crippen molar-refractivity contribution in [2.24, 2.45) is 0 Å². The van der Waals surface area contributed by atoms with Gasteiger partial charge in [0.05, 0.1) is 18.5 Å². The summed E-state index contributed by atoms with van der Waals surface area (Å²) in [5, 5.41) is 9.27. The second-order valence-electron chi connectivity index (χ2n) is 4.42. The summed E-state index contributed by atoms with van der Waals surface area (Å²) >= 11 is 0. The molecule has 0 aliphatic rings. The molecule has 0 radical (unpaired) electrons. The first-order chi connectivity index (χ1) is 9.95. The van der Waals surface area contributed by atoms with Crippen LogP contribution in [0.1, 0.15) is 10.4 Å². The SMILES string of the molecule is COc1cccc(N(C)c2ccc(F)c(N)c2C(=O)O)c1. The first-order valence-corrected chi connectivity index (χ1v) is 6.14. The number of hydrogen-bond acceptors (Lipinski definition) is 4. The van der Waals surface area contributed by atoms with E-state index in [0.717, 1.165) is 6.07 Å². The predicted octanol–water partition coefficient (Wildman–Crippen LogP) is 2.88. The zero-order chi connectivity index (χ0) is 15.6. The minimum absolute atomic E-state index is 0.264. The number of ether oxygens (including phenoxy) is 1. The number of carboxylic acids is 1. The summed E-state index contributed by atoms with van der Waals surface area (Å²) in [6, 6.07) is 9.60. The monoisotopic (exact) mass is 290 g/mol. The summed E-state index contributed by atoms with van der Waals surface area (Å²) in [5.74, 6) is -1.40. The first-order valence-electron chi connectivity index (χ1n) is 6.14. The van der Waals surface area contributed by atoms with E-state index < -0.39 is 11.8 Å². The van der Waals surface area contributed by atoms with Crippen LogP contribution in [0.5, 0.6) is 5.75 Å². The van der Waals surface area contributed by atoms with Crippen LogP contribution in [-0.2, 0) is 0 Å². The highest BCUT2D eigenvalue weighted by Crippen LogP contribution is 2.33. The van der Waals surface area contributed by atoms with Crippen LogP contribution >= 0.6 is 0 Å². The molecule has 0 aliphatic heterocycles. The van der Waals surface area contributed by atoms with Gasteiger partial charge in [-0.1, -0.05) is 6.07 Å². The smallest absolute Gasteiger partial charge is 0.340 e. The van der Waals surface area contributed by atoms with Crippen molar-refractivity contribution in [3.63, 3.8) is 0 Å².